The summed E-state index contributed by atoms with van der Waals surface area (Å²) in [6.07, 6.45) is 0. The lowest BCUT2D eigenvalue weighted by atomic mass is 9.94. The maximum atomic E-state index is 10.8. The smallest absolute Gasteiger partial charge is 0.317 e. The van der Waals surface area contributed by atoms with Crippen LogP contribution in [0.1, 0.15) is 16.7 Å². The molecule has 3 aromatic carbocycles. The second-order valence-corrected chi connectivity index (χ2v) is 8.31. The molecule has 0 aliphatic carbocycles. The summed E-state index contributed by atoms with van der Waals surface area (Å²) >= 11 is 0. The number of benzene rings is 3. The van der Waals surface area contributed by atoms with Crippen molar-refractivity contribution in [3.63, 3.8) is 0 Å². The van der Waals surface area contributed by atoms with E-state index in [9.17, 15) is 4.79 Å². The van der Waals surface area contributed by atoms with E-state index in [0.29, 0.717) is 24.9 Å². The van der Waals surface area contributed by atoms with Gasteiger partial charge in [0.1, 0.15) is 0 Å². The minimum absolute atomic E-state index is 0. The van der Waals surface area contributed by atoms with Crippen molar-refractivity contribution in [2.24, 2.45) is 0 Å². The highest BCUT2D eigenvalue weighted by molar-refractivity contribution is 5.85. The molecular weight excluding hydrogens is 466 g/mol. The number of hydrogen-bond acceptors (Lipinski definition) is 6. The van der Waals surface area contributed by atoms with Gasteiger partial charge in [0.2, 0.25) is 5.82 Å². The number of methoxy groups -OCH3 is 1. The molecule has 0 radical (unpaired) electrons. The number of nitrogens with zero attached hydrogens (tertiary/aromatic N) is 3. The number of aliphatic carboxylic acids is 1. The minimum atomic E-state index is -0.848. The summed E-state index contributed by atoms with van der Waals surface area (Å²) in [5.41, 5.74) is 7.19. The molecule has 1 N–H and O–H groups in total. The summed E-state index contributed by atoms with van der Waals surface area (Å²) in [5.74, 6) is 0.0877. The summed E-state index contributed by atoms with van der Waals surface area (Å²) in [6, 6.07) is 22.1. The first-order chi connectivity index (χ1) is 16.4. The summed E-state index contributed by atoms with van der Waals surface area (Å²) in [7, 11) is 3.46. The van der Waals surface area contributed by atoms with Gasteiger partial charge in [-0.25, -0.2) is 0 Å². The van der Waals surface area contributed by atoms with Gasteiger partial charge < -0.3 is 14.4 Å². The highest BCUT2D eigenvalue weighted by Crippen LogP contribution is 2.31. The lowest BCUT2D eigenvalue weighted by molar-refractivity contribution is -0.138. The van der Waals surface area contributed by atoms with Gasteiger partial charge in [0.15, 0.2) is 0 Å². The zero-order valence-corrected chi connectivity index (χ0v) is 20.7. The van der Waals surface area contributed by atoms with Crippen molar-refractivity contribution in [2.45, 2.75) is 20.1 Å². The summed E-state index contributed by atoms with van der Waals surface area (Å²) < 4.78 is 11.0. The van der Waals surface area contributed by atoms with E-state index in [1.165, 1.54) is 11.1 Å². The van der Waals surface area contributed by atoms with Crippen LogP contribution in [0.2, 0.25) is 0 Å². The van der Waals surface area contributed by atoms with Crippen LogP contribution in [0.3, 0.4) is 0 Å². The standard InChI is InChI=1S/C27H27N3O4.ClH/c1-18-6-4-5-7-23(18)24-13-12-21(14-22(24)17-33-3)27-28-26(29-34-27)20-10-8-19(9-11-20)15-30(2)16-25(31)32;/h4-14H,15-17H2,1-3H3,(H,31,32);1H. The van der Waals surface area contributed by atoms with E-state index in [4.69, 9.17) is 14.4 Å². The first-order valence-electron chi connectivity index (χ1n) is 11.0. The molecule has 4 aromatic rings. The van der Waals surface area contributed by atoms with Gasteiger partial charge in [-0.1, -0.05) is 59.8 Å². The van der Waals surface area contributed by atoms with Crippen LogP contribution < -0.4 is 0 Å². The fourth-order valence-electron chi connectivity index (χ4n) is 3.96. The average Bonchev–Trinajstić information content (AvgIpc) is 3.30. The van der Waals surface area contributed by atoms with Gasteiger partial charge in [-0.2, -0.15) is 4.98 Å². The van der Waals surface area contributed by atoms with E-state index in [1.54, 1.807) is 19.1 Å². The van der Waals surface area contributed by atoms with Crippen molar-refractivity contribution in [1.29, 1.82) is 0 Å². The Bertz CT molecular complexity index is 1290. The SMILES string of the molecule is COCc1cc(-c2nc(-c3ccc(CN(C)CC(=O)O)cc3)no2)ccc1-c1ccccc1C.Cl. The van der Waals surface area contributed by atoms with Crippen LogP contribution in [0.25, 0.3) is 34.0 Å². The Kier molecular flexibility index (Phi) is 8.76. The van der Waals surface area contributed by atoms with Gasteiger partial charge in [0, 0.05) is 24.8 Å². The van der Waals surface area contributed by atoms with E-state index in [-0.39, 0.29) is 19.0 Å². The number of likely N-dealkylation sites (N-methyl/N-ethyl adjacent to an activating group) is 1. The Labute approximate surface area is 210 Å². The van der Waals surface area contributed by atoms with Crippen LogP contribution in [-0.2, 0) is 22.7 Å². The number of aromatic nitrogens is 2. The predicted octanol–water partition coefficient (Wildman–Crippen LogP) is 5.46. The molecule has 1 aromatic heterocycles. The zero-order chi connectivity index (χ0) is 24.1. The largest absolute Gasteiger partial charge is 0.480 e. The Morgan fingerprint density at radius 3 is 2.43 bits per heavy atom. The number of hydrogen-bond donors (Lipinski definition) is 1. The number of carbonyl (C=O) groups is 1. The molecule has 0 fully saturated rings. The number of ether oxygens (including phenoxy) is 1. The summed E-state index contributed by atoms with van der Waals surface area (Å²) in [4.78, 5) is 17.2. The third-order valence-electron chi connectivity index (χ3n) is 5.58. The Hall–Kier alpha value is -3.52. The van der Waals surface area contributed by atoms with Crippen molar-refractivity contribution < 1.29 is 19.2 Å². The second-order valence-electron chi connectivity index (χ2n) is 8.31. The van der Waals surface area contributed by atoms with Crippen LogP contribution in [0.4, 0.5) is 0 Å². The van der Waals surface area contributed by atoms with E-state index in [0.717, 1.165) is 27.8 Å². The maximum Gasteiger partial charge on any atom is 0.317 e. The predicted molar refractivity (Wildman–Crippen MR) is 137 cm³/mol. The van der Waals surface area contributed by atoms with Gasteiger partial charge in [0.25, 0.3) is 5.89 Å². The normalized spacial score (nSPS) is 10.9. The second kappa shape index (κ2) is 11.8. The van der Waals surface area contributed by atoms with Gasteiger partial charge in [-0.15, -0.1) is 12.4 Å². The Morgan fingerprint density at radius 2 is 1.74 bits per heavy atom. The molecule has 7 nitrogen and oxygen atoms in total. The number of halogens is 1. The van der Waals surface area contributed by atoms with E-state index in [1.807, 2.05) is 48.5 Å². The highest BCUT2D eigenvalue weighted by Gasteiger charge is 2.15. The lowest BCUT2D eigenvalue weighted by Gasteiger charge is -2.13. The van der Waals surface area contributed by atoms with Gasteiger partial charge in [0.05, 0.1) is 13.2 Å². The first kappa shape index (κ1) is 26.1. The average molecular weight is 494 g/mol. The molecule has 0 bridgehead atoms. The molecule has 35 heavy (non-hydrogen) atoms. The van der Waals surface area contributed by atoms with Crippen molar-refractivity contribution in [2.75, 3.05) is 20.7 Å². The number of carboxylic acids is 1. The fraction of sp³-hybridized carbons (Fsp3) is 0.222. The monoisotopic (exact) mass is 493 g/mol. The number of carboxylic acid groups (broad SMARTS) is 1. The molecule has 0 aliphatic heterocycles. The summed E-state index contributed by atoms with van der Waals surface area (Å²) in [6.45, 7) is 3.10. The van der Waals surface area contributed by atoms with E-state index >= 15 is 0 Å². The molecule has 0 aliphatic rings. The number of rotatable bonds is 9. The maximum absolute atomic E-state index is 10.8. The van der Waals surface area contributed by atoms with Crippen molar-refractivity contribution in [3.05, 3.63) is 83.4 Å². The summed E-state index contributed by atoms with van der Waals surface area (Å²) in [5, 5.41) is 13.1. The van der Waals surface area contributed by atoms with Gasteiger partial charge in [-0.3, -0.25) is 9.69 Å². The molecule has 4 rings (SSSR count). The molecule has 1 heterocycles. The Morgan fingerprint density at radius 1 is 1.03 bits per heavy atom. The van der Waals surface area contributed by atoms with Gasteiger partial charge >= 0.3 is 5.97 Å². The zero-order valence-electron chi connectivity index (χ0n) is 19.9. The van der Waals surface area contributed by atoms with Crippen molar-refractivity contribution >= 4 is 18.4 Å². The van der Waals surface area contributed by atoms with Crippen LogP contribution in [0.5, 0.6) is 0 Å². The minimum Gasteiger partial charge on any atom is -0.480 e. The lowest BCUT2D eigenvalue weighted by Crippen LogP contribution is -2.25. The molecule has 0 unspecified atom stereocenters. The van der Waals surface area contributed by atoms with Gasteiger partial charge in [-0.05, 0) is 53.9 Å². The third kappa shape index (κ3) is 6.33. The quantitative estimate of drug-likeness (QED) is 0.331. The topological polar surface area (TPSA) is 88.7 Å². The molecule has 0 amide bonds. The molecule has 0 saturated heterocycles. The van der Waals surface area contributed by atoms with E-state index in [2.05, 4.69) is 35.3 Å². The first-order valence-corrected chi connectivity index (χ1v) is 11.0. The number of aryl methyl sites for hydroxylation is 1. The molecule has 0 spiro atoms. The van der Waals surface area contributed by atoms with Crippen LogP contribution in [0, 0.1) is 6.92 Å². The molecule has 0 saturated carbocycles. The fourth-order valence-corrected chi connectivity index (χ4v) is 3.96. The Balaban J connectivity index is 0.00000342. The third-order valence-corrected chi connectivity index (χ3v) is 5.58. The molecule has 0 atom stereocenters. The van der Waals surface area contributed by atoms with E-state index < -0.39 is 5.97 Å². The van der Waals surface area contributed by atoms with Crippen LogP contribution in [-0.4, -0.2) is 46.8 Å². The highest BCUT2D eigenvalue weighted by atomic mass is 35.5. The molecular formula is C27H28ClN3O4. The molecule has 8 heteroatoms. The van der Waals surface area contributed by atoms with Crippen LogP contribution >= 0.6 is 12.4 Å². The van der Waals surface area contributed by atoms with Crippen molar-refractivity contribution in [3.8, 4) is 34.0 Å². The van der Waals surface area contributed by atoms with Crippen molar-refractivity contribution in [1.82, 2.24) is 15.0 Å². The molecule has 182 valence electrons. The van der Waals surface area contributed by atoms with Crippen LogP contribution in [0.15, 0.2) is 71.3 Å².